The maximum Gasteiger partial charge on any atom is 0.225 e. The van der Waals surface area contributed by atoms with Crippen molar-refractivity contribution in [2.45, 2.75) is 0 Å². The van der Waals surface area contributed by atoms with E-state index in [1.165, 1.54) is 6.07 Å². The SMILES string of the molecule is COCCNc1cc(Cl)nc(Cl)n1.COCCNc1nc(Cl)cc(Cl)n1. The van der Waals surface area contributed by atoms with Crippen molar-refractivity contribution in [3.05, 3.63) is 32.9 Å². The lowest BCUT2D eigenvalue weighted by atomic mass is 10.5. The Morgan fingerprint density at radius 2 is 1.31 bits per heavy atom. The van der Waals surface area contributed by atoms with Gasteiger partial charge in [-0.3, -0.25) is 0 Å². The van der Waals surface area contributed by atoms with Crippen LogP contribution < -0.4 is 10.6 Å². The van der Waals surface area contributed by atoms with Crippen LogP contribution in [0.25, 0.3) is 0 Å². The first-order chi connectivity index (χ1) is 12.4. The van der Waals surface area contributed by atoms with Crippen LogP contribution in [0.5, 0.6) is 0 Å². The topological polar surface area (TPSA) is 94.1 Å². The molecule has 2 aromatic heterocycles. The lowest BCUT2D eigenvalue weighted by Crippen LogP contribution is -2.10. The molecule has 0 spiro atoms. The van der Waals surface area contributed by atoms with Gasteiger partial charge in [-0.15, -0.1) is 0 Å². The lowest BCUT2D eigenvalue weighted by Gasteiger charge is -2.04. The molecule has 0 saturated carbocycles. The van der Waals surface area contributed by atoms with Gasteiger partial charge < -0.3 is 20.1 Å². The summed E-state index contributed by atoms with van der Waals surface area (Å²) in [5, 5.41) is 6.98. The Morgan fingerprint density at radius 3 is 1.85 bits per heavy atom. The Hall–Kier alpha value is -1.16. The number of hydrogen-bond donors (Lipinski definition) is 2. The molecule has 0 fully saturated rings. The van der Waals surface area contributed by atoms with Gasteiger partial charge in [0, 0.05) is 39.4 Å². The maximum atomic E-state index is 5.66. The molecule has 144 valence electrons. The minimum atomic E-state index is 0.132. The molecular formula is C14H18Cl4N6O2. The van der Waals surface area contributed by atoms with Crippen LogP contribution in [0.4, 0.5) is 11.8 Å². The van der Waals surface area contributed by atoms with Crippen molar-refractivity contribution < 1.29 is 9.47 Å². The van der Waals surface area contributed by atoms with Crippen molar-refractivity contribution in [2.75, 3.05) is 51.2 Å². The minimum absolute atomic E-state index is 0.132. The fourth-order valence-corrected chi connectivity index (χ4v) is 2.33. The normalized spacial score (nSPS) is 10.1. The van der Waals surface area contributed by atoms with Gasteiger partial charge in [0.05, 0.1) is 13.2 Å². The number of nitrogens with one attached hydrogen (secondary N) is 2. The number of halogens is 4. The molecule has 0 unspecified atom stereocenters. The van der Waals surface area contributed by atoms with Crippen LogP contribution in [0.3, 0.4) is 0 Å². The summed E-state index contributed by atoms with van der Waals surface area (Å²) >= 11 is 22.6. The van der Waals surface area contributed by atoms with Crippen molar-refractivity contribution >= 4 is 58.2 Å². The Kier molecular flexibility index (Phi) is 11.5. The maximum absolute atomic E-state index is 5.66. The number of hydrogen-bond acceptors (Lipinski definition) is 8. The van der Waals surface area contributed by atoms with Crippen molar-refractivity contribution in [3.8, 4) is 0 Å². The summed E-state index contributed by atoms with van der Waals surface area (Å²) < 4.78 is 9.69. The molecule has 0 aliphatic carbocycles. The summed E-state index contributed by atoms with van der Waals surface area (Å²) in [7, 11) is 3.25. The molecule has 2 aromatic rings. The highest BCUT2D eigenvalue weighted by atomic mass is 35.5. The van der Waals surface area contributed by atoms with Crippen LogP contribution >= 0.6 is 46.4 Å². The summed E-state index contributed by atoms with van der Waals surface area (Å²) in [6, 6.07) is 3.08. The fraction of sp³-hybridized carbons (Fsp3) is 0.429. The summed E-state index contributed by atoms with van der Waals surface area (Å²) in [5.41, 5.74) is 0. The van der Waals surface area contributed by atoms with Gasteiger partial charge in [0.1, 0.15) is 21.3 Å². The first kappa shape index (κ1) is 22.9. The van der Waals surface area contributed by atoms with Gasteiger partial charge in [-0.25, -0.2) is 19.9 Å². The highest BCUT2D eigenvalue weighted by Crippen LogP contribution is 2.14. The summed E-state index contributed by atoms with van der Waals surface area (Å²) in [5.74, 6) is 1.01. The largest absolute Gasteiger partial charge is 0.383 e. The number of nitrogens with zero attached hydrogens (tertiary/aromatic N) is 4. The molecule has 0 amide bonds. The quantitative estimate of drug-likeness (QED) is 0.362. The van der Waals surface area contributed by atoms with E-state index in [4.69, 9.17) is 55.9 Å². The number of rotatable bonds is 8. The van der Waals surface area contributed by atoms with Gasteiger partial charge in [0.25, 0.3) is 0 Å². The standard InChI is InChI=1S/2C7H9Cl2N3O/c1-13-3-2-10-6-4-5(8)11-7(9)12-6;1-13-3-2-10-7-11-5(8)4-6(9)12-7/h2*4H,2-3H2,1H3,(H,10,11,12). The van der Waals surface area contributed by atoms with E-state index < -0.39 is 0 Å². The molecule has 0 aromatic carbocycles. The number of anilines is 2. The smallest absolute Gasteiger partial charge is 0.225 e. The molecule has 0 aliphatic rings. The zero-order valence-electron chi connectivity index (χ0n) is 14.1. The van der Waals surface area contributed by atoms with Crippen LogP contribution in [0, 0.1) is 0 Å². The highest BCUT2D eigenvalue weighted by molar-refractivity contribution is 6.33. The first-order valence-electron chi connectivity index (χ1n) is 7.30. The predicted octanol–water partition coefficient (Wildman–Crippen LogP) is 3.68. The van der Waals surface area contributed by atoms with Crippen LogP contribution in [-0.2, 0) is 9.47 Å². The third-order valence-corrected chi connectivity index (χ3v) is 3.28. The average Bonchev–Trinajstić information content (AvgIpc) is 2.54. The van der Waals surface area contributed by atoms with Gasteiger partial charge in [0.2, 0.25) is 11.2 Å². The van der Waals surface area contributed by atoms with Crippen LogP contribution in [-0.4, -0.2) is 60.5 Å². The summed E-state index contributed by atoms with van der Waals surface area (Å²) in [4.78, 5) is 15.4. The fourth-order valence-electron chi connectivity index (χ4n) is 1.50. The number of methoxy groups -OCH3 is 2. The van der Waals surface area contributed by atoms with Gasteiger partial charge in [0.15, 0.2) is 0 Å². The van der Waals surface area contributed by atoms with Crippen LogP contribution in [0.2, 0.25) is 20.7 Å². The van der Waals surface area contributed by atoms with E-state index in [0.717, 1.165) is 0 Å². The minimum Gasteiger partial charge on any atom is -0.383 e. The molecule has 0 saturated heterocycles. The molecule has 12 heteroatoms. The van der Waals surface area contributed by atoms with E-state index in [9.17, 15) is 0 Å². The van der Waals surface area contributed by atoms with E-state index in [1.807, 2.05) is 0 Å². The molecule has 0 radical (unpaired) electrons. The van der Waals surface area contributed by atoms with E-state index in [1.54, 1.807) is 20.3 Å². The van der Waals surface area contributed by atoms with Crippen molar-refractivity contribution in [1.82, 2.24) is 19.9 Å². The van der Waals surface area contributed by atoms with Crippen molar-refractivity contribution in [1.29, 1.82) is 0 Å². The molecule has 2 N–H and O–H groups in total. The molecule has 0 atom stereocenters. The zero-order chi connectivity index (χ0) is 19.4. The molecule has 2 rings (SSSR count). The van der Waals surface area contributed by atoms with E-state index in [-0.39, 0.29) is 5.28 Å². The Labute approximate surface area is 171 Å². The molecule has 2 heterocycles. The summed E-state index contributed by atoms with van der Waals surface area (Å²) in [6.07, 6.45) is 0. The summed E-state index contributed by atoms with van der Waals surface area (Å²) in [6.45, 7) is 2.44. The van der Waals surface area contributed by atoms with E-state index in [0.29, 0.717) is 53.5 Å². The molecule has 0 aliphatic heterocycles. The van der Waals surface area contributed by atoms with Gasteiger partial charge in [-0.05, 0) is 11.6 Å². The predicted molar refractivity (Wildman–Crippen MR) is 105 cm³/mol. The zero-order valence-corrected chi connectivity index (χ0v) is 17.1. The third kappa shape index (κ3) is 10.1. The number of aromatic nitrogens is 4. The van der Waals surface area contributed by atoms with Gasteiger partial charge in [-0.1, -0.05) is 34.8 Å². The average molecular weight is 444 g/mol. The Balaban J connectivity index is 0.000000260. The van der Waals surface area contributed by atoms with E-state index >= 15 is 0 Å². The molecule has 0 bridgehead atoms. The second-order valence-electron chi connectivity index (χ2n) is 4.52. The molecule has 26 heavy (non-hydrogen) atoms. The Bertz CT molecular complexity index is 582. The van der Waals surface area contributed by atoms with E-state index in [2.05, 4.69) is 30.6 Å². The first-order valence-corrected chi connectivity index (χ1v) is 8.81. The number of ether oxygens (including phenoxy) is 2. The van der Waals surface area contributed by atoms with Crippen LogP contribution in [0.15, 0.2) is 12.1 Å². The van der Waals surface area contributed by atoms with Gasteiger partial charge in [-0.2, -0.15) is 0 Å². The monoisotopic (exact) mass is 442 g/mol. The van der Waals surface area contributed by atoms with Crippen molar-refractivity contribution in [3.63, 3.8) is 0 Å². The van der Waals surface area contributed by atoms with Crippen LogP contribution in [0.1, 0.15) is 0 Å². The molecular weight excluding hydrogens is 426 g/mol. The Morgan fingerprint density at radius 1 is 0.769 bits per heavy atom. The lowest BCUT2D eigenvalue weighted by molar-refractivity contribution is 0.210. The highest BCUT2D eigenvalue weighted by Gasteiger charge is 2.00. The second kappa shape index (κ2) is 13.1. The second-order valence-corrected chi connectivity index (χ2v) is 6.02. The van der Waals surface area contributed by atoms with Crippen molar-refractivity contribution in [2.24, 2.45) is 0 Å². The van der Waals surface area contributed by atoms with Gasteiger partial charge >= 0.3 is 0 Å². The molecule has 8 nitrogen and oxygen atoms in total. The third-order valence-electron chi connectivity index (χ3n) is 2.53.